The van der Waals surface area contributed by atoms with Gasteiger partial charge in [-0.05, 0) is 35.4 Å². The van der Waals surface area contributed by atoms with Gasteiger partial charge in [0.25, 0.3) is 5.91 Å². The summed E-state index contributed by atoms with van der Waals surface area (Å²) in [6.45, 7) is 1.30. The molecule has 0 aliphatic carbocycles. The summed E-state index contributed by atoms with van der Waals surface area (Å²) in [6, 6.07) is 12.7. The van der Waals surface area contributed by atoms with E-state index in [2.05, 4.69) is 20.6 Å². The maximum atomic E-state index is 13.6. The molecule has 0 spiro atoms. The first-order chi connectivity index (χ1) is 18.0. The van der Waals surface area contributed by atoms with Crippen molar-refractivity contribution in [2.75, 3.05) is 38.4 Å². The maximum Gasteiger partial charge on any atom is 0.259 e. The largest absolute Gasteiger partial charge is 0.497 e. The Morgan fingerprint density at radius 3 is 2.57 bits per heavy atom. The number of methoxy groups -OCH3 is 2. The van der Waals surface area contributed by atoms with Gasteiger partial charge >= 0.3 is 0 Å². The van der Waals surface area contributed by atoms with Crippen molar-refractivity contribution in [2.24, 2.45) is 0 Å². The zero-order valence-electron chi connectivity index (χ0n) is 20.6. The van der Waals surface area contributed by atoms with Crippen LogP contribution in [0.25, 0.3) is 0 Å². The number of aromatic nitrogens is 2. The summed E-state index contributed by atoms with van der Waals surface area (Å²) in [6.07, 6.45) is 1.48. The molecule has 37 heavy (non-hydrogen) atoms. The lowest BCUT2D eigenvalue weighted by molar-refractivity contribution is -0.125. The van der Waals surface area contributed by atoms with Gasteiger partial charge in [-0.2, -0.15) is 0 Å². The summed E-state index contributed by atoms with van der Waals surface area (Å²) in [7, 11) is 3.16. The number of ether oxygens (including phenoxy) is 2. The summed E-state index contributed by atoms with van der Waals surface area (Å²) >= 11 is 1.32. The van der Waals surface area contributed by atoms with Crippen LogP contribution in [0.4, 0.5) is 10.3 Å². The second kappa shape index (κ2) is 12.5. The van der Waals surface area contributed by atoms with E-state index < -0.39 is 6.04 Å². The van der Waals surface area contributed by atoms with Crippen LogP contribution in [0.3, 0.4) is 0 Å². The van der Waals surface area contributed by atoms with E-state index in [-0.39, 0.29) is 24.2 Å². The number of fused-ring (bicyclic) bond motifs is 1. The topological polar surface area (TPSA) is 106 Å². The number of rotatable bonds is 10. The first-order valence-corrected chi connectivity index (χ1v) is 12.7. The molecule has 1 unspecified atom stereocenters. The minimum absolute atomic E-state index is 0.138. The van der Waals surface area contributed by atoms with Gasteiger partial charge in [0.15, 0.2) is 0 Å². The number of anilines is 1. The first-order valence-electron chi connectivity index (χ1n) is 11.7. The Morgan fingerprint density at radius 1 is 1.14 bits per heavy atom. The quantitative estimate of drug-likeness (QED) is 0.307. The Balaban J connectivity index is 1.54. The third-order valence-corrected chi connectivity index (χ3v) is 6.85. The zero-order chi connectivity index (χ0) is 26.2. The van der Waals surface area contributed by atoms with E-state index in [0.717, 1.165) is 11.3 Å². The fourth-order valence-electron chi connectivity index (χ4n) is 3.76. The molecule has 1 atom stereocenters. The molecule has 9 nitrogen and oxygen atoms in total. The van der Waals surface area contributed by atoms with Gasteiger partial charge in [0.2, 0.25) is 11.9 Å². The molecule has 0 radical (unpaired) electrons. The lowest BCUT2D eigenvalue weighted by Gasteiger charge is -2.29. The van der Waals surface area contributed by atoms with Crippen molar-refractivity contribution in [2.45, 2.75) is 24.2 Å². The lowest BCUT2D eigenvalue weighted by atomic mass is 10.1. The van der Waals surface area contributed by atoms with E-state index in [1.807, 2.05) is 24.3 Å². The van der Waals surface area contributed by atoms with Gasteiger partial charge in [-0.25, -0.2) is 14.4 Å². The predicted molar refractivity (Wildman–Crippen MR) is 138 cm³/mol. The highest BCUT2D eigenvalue weighted by Crippen LogP contribution is 2.30. The number of hydrogen-bond acceptors (Lipinski definition) is 8. The normalized spacial score (nSPS) is 15.1. The number of carbonyl (C=O) groups excluding carboxylic acids is 2. The van der Waals surface area contributed by atoms with Crippen molar-refractivity contribution in [3.8, 4) is 5.75 Å². The van der Waals surface area contributed by atoms with E-state index >= 15 is 0 Å². The SMILES string of the molecule is COCCNC(=O)C1CSc2nc(NCc3ccc(OC)cc3)ncc2C(=O)N1Cc1ccc(F)cc1. The van der Waals surface area contributed by atoms with Crippen molar-refractivity contribution in [1.29, 1.82) is 0 Å². The molecule has 2 aromatic carbocycles. The monoisotopic (exact) mass is 525 g/mol. The molecule has 1 aliphatic rings. The molecule has 0 saturated heterocycles. The van der Waals surface area contributed by atoms with Crippen LogP contribution in [0.15, 0.2) is 59.8 Å². The Kier molecular flexibility index (Phi) is 8.91. The standard InChI is InChI=1S/C26H28FN5O4S/c1-35-12-11-28-23(33)22-16-37-24-21(25(34)32(22)15-18-3-7-19(27)8-4-18)14-30-26(31-24)29-13-17-5-9-20(36-2)10-6-17/h3-10,14,22H,11-13,15-16H2,1-2H3,(H,28,33)(H,29,30,31). The zero-order valence-corrected chi connectivity index (χ0v) is 21.4. The maximum absolute atomic E-state index is 13.6. The number of halogens is 1. The van der Waals surface area contributed by atoms with Gasteiger partial charge in [-0.15, -0.1) is 11.8 Å². The highest BCUT2D eigenvalue weighted by molar-refractivity contribution is 7.99. The lowest BCUT2D eigenvalue weighted by Crippen LogP contribution is -2.50. The summed E-state index contributed by atoms with van der Waals surface area (Å²) < 4.78 is 23.6. The van der Waals surface area contributed by atoms with Gasteiger partial charge in [0, 0.05) is 38.7 Å². The molecule has 194 valence electrons. The van der Waals surface area contributed by atoms with Crippen LogP contribution >= 0.6 is 11.8 Å². The molecule has 1 aromatic heterocycles. The average Bonchev–Trinajstić information content (AvgIpc) is 3.05. The van der Waals surface area contributed by atoms with E-state index in [4.69, 9.17) is 9.47 Å². The number of amides is 2. The molecular weight excluding hydrogens is 497 g/mol. The number of hydrogen-bond donors (Lipinski definition) is 2. The Morgan fingerprint density at radius 2 is 1.86 bits per heavy atom. The number of carbonyl (C=O) groups is 2. The minimum Gasteiger partial charge on any atom is -0.497 e. The van der Waals surface area contributed by atoms with Gasteiger partial charge in [0.05, 0.1) is 19.3 Å². The Hall–Kier alpha value is -3.70. The second-order valence-corrected chi connectivity index (χ2v) is 9.29. The van der Waals surface area contributed by atoms with Crippen LogP contribution in [-0.4, -0.2) is 65.8 Å². The highest BCUT2D eigenvalue weighted by atomic mass is 32.2. The van der Waals surface area contributed by atoms with Gasteiger partial charge in [0.1, 0.15) is 22.6 Å². The molecular formula is C26H28FN5O4S. The van der Waals surface area contributed by atoms with Crippen LogP contribution in [-0.2, 0) is 22.6 Å². The molecule has 1 aliphatic heterocycles. The summed E-state index contributed by atoms with van der Waals surface area (Å²) in [5.74, 6) is 0.419. The molecule has 2 amide bonds. The first kappa shape index (κ1) is 26.4. The van der Waals surface area contributed by atoms with Gasteiger partial charge < -0.3 is 25.0 Å². The van der Waals surface area contributed by atoms with Crippen molar-refractivity contribution >= 4 is 29.5 Å². The highest BCUT2D eigenvalue weighted by Gasteiger charge is 2.35. The average molecular weight is 526 g/mol. The Bertz CT molecular complexity index is 1230. The van der Waals surface area contributed by atoms with E-state index in [1.54, 1.807) is 26.4 Å². The van der Waals surface area contributed by atoms with Crippen LogP contribution < -0.4 is 15.4 Å². The molecule has 3 aromatic rings. The van der Waals surface area contributed by atoms with Crippen molar-refractivity contribution in [3.05, 3.63) is 77.2 Å². The molecule has 0 saturated carbocycles. The third kappa shape index (κ3) is 6.75. The summed E-state index contributed by atoms with van der Waals surface area (Å²) in [4.78, 5) is 37.1. The molecule has 4 rings (SSSR count). The molecule has 2 heterocycles. The summed E-state index contributed by atoms with van der Waals surface area (Å²) in [5, 5.41) is 6.50. The molecule has 2 N–H and O–H groups in total. The number of nitrogens with zero attached hydrogens (tertiary/aromatic N) is 3. The van der Waals surface area contributed by atoms with Crippen molar-refractivity contribution in [1.82, 2.24) is 20.2 Å². The molecule has 11 heteroatoms. The smallest absolute Gasteiger partial charge is 0.259 e. The van der Waals surface area contributed by atoms with E-state index in [1.165, 1.54) is 35.0 Å². The van der Waals surface area contributed by atoms with E-state index in [9.17, 15) is 14.0 Å². The van der Waals surface area contributed by atoms with Crippen LogP contribution in [0, 0.1) is 5.82 Å². The molecule has 0 fully saturated rings. The minimum atomic E-state index is -0.760. The second-order valence-electron chi connectivity index (χ2n) is 8.28. The molecule has 0 bridgehead atoms. The Labute approximate surface area is 218 Å². The predicted octanol–water partition coefficient (Wildman–Crippen LogP) is 3.12. The van der Waals surface area contributed by atoms with Crippen LogP contribution in [0.5, 0.6) is 5.75 Å². The van der Waals surface area contributed by atoms with Crippen molar-refractivity contribution < 1.29 is 23.5 Å². The fraction of sp³-hybridized carbons (Fsp3) is 0.308. The van der Waals surface area contributed by atoms with Crippen LogP contribution in [0.1, 0.15) is 21.5 Å². The van der Waals surface area contributed by atoms with Crippen molar-refractivity contribution in [3.63, 3.8) is 0 Å². The number of benzene rings is 2. The van der Waals surface area contributed by atoms with E-state index in [0.29, 0.717) is 47.6 Å². The van der Waals surface area contributed by atoms with Crippen LogP contribution in [0.2, 0.25) is 0 Å². The summed E-state index contributed by atoms with van der Waals surface area (Å²) in [5.41, 5.74) is 2.03. The van der Waals surface area contributed by atoms with Gasteiger partial charge in [-0.1, -0.05) is 24.3 Å². The number of thioether (sulfide) groups is 1. The number of nitrogens with one attached hydrogen (secondary N) is 2. The fourth-order valence-corrected chi connectivity index (χ4v) is 4.85. The third-order valence-electron chi connectivity index (χ3n) is 5.78. The van der Waals surface area contributed by atoms with Gasteiger partial charge in [-0.3, -0.25) is 9.59 Å².